The van der Waals surface area contributed by atoms with E-state index in [9.17, 15) is 14.7 Å². The third kappa shape index (κ3) is 5.76. The van der Waals surface area contributed by atoms with Crippen molar-refractivity contribution >= 4 is 40.8 Å². The van der Waals surface area contributed by atoms with Crippen molar-refractivity contribution in [3.63, 3.8) is 0 Å². The summed E-state index contributed by atoms with van der Waals surface area (Å²) in [6.07, 6.45) is 7.93. The molecular formula is C32H38Cl2N2O3. The first-order valence-corrected chi connectivity index (χ1v) is 14.8. The van der Waals surface area contributed by atoms with Crippen LogP contribution in [0.1, 0.15) is 107 Å². The molecule has 0 bridgehead atoms. The van der Waals surface area contributed by atoms with Crippen molar-refractivity contribution in [3.8, 4) is 0 Å². The van der Waals surface area contributed by atoms with E-state index >= 15 is 0 Å². The maximum atomic E-state index is 14.4. The lowest BCUT2D eigenvalue weighted by atomic mass is 9.73. The molecular weight excluding hydrogens is 531 g/mol. The van der Waals surface area contributed by atoms with Gasteiger partial charge in [-0.05, 0) is 104 Å². The molecule has 208 valence electrons. The highest BCUT2D eigenvalue weighted by Crippen LogP contribution is 2.58. The standard InChI is InChI=1S/C32H38Cl2N2O3/c1-30(2,3)12-11-26(20-5-7-21(8-6-20)29(38)39)36-28(37)27(22-17-24(33)19-25(34)18-22)35-32(36)13-9-23(10-14-32)31(4)15-16-31/h5-8,17-19,23,26H,9-16H2,1-4H3,(H,38,39)/t23?,26-,32?/m1/s1. The van der Waals surface area contributed by atoms with Crippen LogP contribution in [0.3, 0.4) is 0 Å². The fourth-order valence-corrected chi connectivity index (χ4v) is 7.05. The molecule has 0 radical (unpaired) electrons. The molecule has 7 heteroatoms. The third-order valence-corrected chi connectivity index (χ3v) is 9.59. The molecule has 5 rings (SSSR count). The number of rotatable bonds is 7. The van der Waals surface area contributed by atoms with Gasteiger partial charge in [0.05, 0.1) is 11.6 Å². The number of carboxylic acids is 1. The number of nitrogens with zero attached hydrogens (tertiary/aromatic N) is 2. The van der Waals surface area contributed by atoms with E-state index in [0.29, 0.717) is 32.7 Å². The summed E-state index contributed by atoms with van der Waals surface area (Å²) in [6, 6.07) is 12.0. The summed E-state index contributed by atoms with van der Waals surface area (Å²) in [5.41, 5.74) is 2.09. The van der Waals surface area contributed by atoms with E-state index in [1.165, 1.54) is 12.8 Å². The normalized spacial score (nSPS) is 25.1. The second-order valence-corrected chi connectivity index (χ2v) is 14.1. The van der Waals surface area contributed by atoms with Gasteiger partial charge in [-0.25, -0.2) is 4.79 Å². The van der Waals surface area contributed by atoms with Crippen molar-refractivity contribution in [1.29, 1.82) is 0 Å². The minimum Gasteiger partial charge on any atom is -0.478 e. The molecule has 2 fully saturated rings. The predicted octanol–water partition coefficient (Wildman–Crippen LogP) is 8.58. The molecule has 1 amide bonds. The van der Waals surface area contributed by atoms with Crippen molar-refractivity contribution < 1.29 is 14.7 Å². The SMILES string of the molecule is CC(C)(C)CC[C@H](c1ccc(C(=O)O)cc1)N1C(=O)C(c2cc(Cl)cc(Cl)c2)=NC12CCC(C1(C)CC1)CC2. The van der Waals surface area contributed by atoms with Crippen LogP contribution in [-0.4, -0.2) is 33.3 Å². The number of carbonyl (C=O) groups excluding carboxylic acids is 1. The Morgan fingerprint density at radius 3 is 2.15 bits per heavy atom. The summed E-state index contributed by atoms with van der Waals surface area (Å²) in [7, 11) is 0. The third-order valence-electron chi connectivity index (χ3n) is 9.16. The number of carboxylic acid groups (broad SMARTS) is 1. The number of amides is 1. The van der Waals surface area contributed by atoms with Gasteiger partial charge < -0.3 is 10.0 Å². The largest absolute Gasteiger partial charge is 0.478 e. The van der Waals surface area contributed by atoms with Gasteiger partial charge in [-0.15, -0.1) is 0 Å². The lowest BCUT2D eigenvalue weighted by Crippen LogP contribution is -2.51. The van der Waals surface area contributed by atoms with Crippen LogP contribution < -0.4 is 0 Å². The Bertz CT molecular complexity index is 1280. The number of hydrogen-bond acceptors (Lipinski definition) is 3. The van der Waals surface area contributed by atoms with Gasteiger partial charge in [-0.1, -0.05) is 63.0 Å². The van der Waals surface area contributed by atoms with Gasteiger partial charge in [0.15, 0.2) is 0 Å². The van der Waals surface area contributed by atoms with Gasteiger partial charge in [-0.2, -0.15) is 0 Å². The van der Waals surface area contributed by atoms with Gasteiger partial charge in [-0.3, -0.25) is 9.79 Å². The fourth-order valence-electron chi connectivity index (χ4n) is 6.52. The van der Waals surface area contributed by atoms with Crippen molar-refractivity contribution in [2.75, 3.05) is 0 Å². The first-order chi connectivity index (χ1) is 18.3. The summed E-state index contributed by atoms with van der Waals surface area (Å²) in [5.74, 6) is -0.412. The molecule has 2 aliphatic carbocycles. The van der Waals surface area contributed by atoms with E-state index in [0.717, 1.165) is 44.1 Å². The highest BCUT2D eigenvalue weighted by atomic mass is 35.5. The Morgan fingerprint density at radius 2 is 1.64 bits per heavy atom. The summed E-state index contributed by atoms with van der Waals surface area (Å²) in [6.45, 7) is 9.01. The van der Waals surface area contributed by atoms with Gasteiger partial charge in [0.1, 0.15) is 11.4 Å². The molecule has 0 saturated heterocycles. The molecule has 1 N–H and O–H groups in total. The highest BCUT2D eigenvalue weighted by Gasteiger charge is 2.55. The van der Waals surface area contributed by atoms with Crippen molar-refractivity contribution in [3.05, 3.63) is 69.2 Å². The van der Waals surface area contributed by atoms with Crippen LogP contribution >= 0.6 is 23.2 Å². The molecule has 1 spiro atoms. The maximum Gasteiger partial charge on any atom is 0.335 e. The fraction of sp³-hybridized carbons (Fsp3) is 0.531. The number of hydrogen-bond donors (Lipinski definition) is 1. The summed E-state index contributed by atoms with van der Waals surface area (Å²) < 4.78 is 0. The number of aromatic carboxylic acids is 1. The van der Waals surface area contributed by atoms with Crippen molar-refractivity contribution in [1.82, 2.24) is 4.90 Å². The maximum absolute atomic E-state index is 14.4. The zero-order valence-corrected chi connectivity index (χ0v) is 24.8. The smallest absolute Gasteiger partial charge is 0.335 e. The minimum atomic E-state index is -0.961. The molecule has 39 heavy (non-hydrogen) atoms. The molecule has 1 heterocycles. The zero-order valence-electron chi connectivity index (χ0n) is 23.3. The molecule has 2 saturated carbocycles. The van der Waals surface area contributed by atoms with Crippen LogP contribution in [0.15, 0.2) is 47.5 Å². The van der Waals surface area contributed by atoms with Crippen LogP contribution in [0, 0.1) is 16.7 Å². The molecule has 2 aromatic carbocycles. The predicted molar refractivity (Wildman–Crippen MR) is 157 cm³/mol. The van der Waals surface area contributed by atoms with Gasteiger partial charge in [0.2, 0.25) is 0 Å². The monoisotopic (exact) mass is 568 g/mol. The van der Waals surface area contributed by atoms with E-state index in [4.69, 9.17) is 28.2 Å². The van der Waals surface area contributed by atoms with Gasteiger partial charge in [0, 0.05) is 15.6 Å². The lowest BCUT2D eigenvalue weighted by molar-refractivity contribution is -0.133. The second kappa shape index (κ2) is 10.2. The number of aliphatic imine (C=N–C) groups is 1. The molecule has 5 nitrogen and oxygen atoms in total. The van der Waals surface area contributed by atoms with Gasteiger partial charge in [0.25, 0.3) is 5.91 Å². The number of carbonyl (C=O) groups is 2. The van der Waals surface area contributed by atoms with Crippen LogP contribution in [0.5, 0.6) is 0 Å². The molecule has 1 aliphatic heterocycles. The summed E-state index contributed by atoms with van der Waals surface area (Å²) >= 11 is 12.7. The first kappa shape index (κ1) is 28.2. The second-order valence-electron chi connectivity index (χ2n) is 13.2. The average Bonchev–Trinajstić information content (AvgIpc) is 3.56. The van der Waals surface area contributed by atoms with Crippen molar-refractivity contribution in [2.45, 2.75) is 90.8 Å². The summed E-state index contributed by atoms with van der Waals surface area (Å²) in [4.78, 5) is 33.3. The van der Waals surface area contributed by atoms with E-state index in [1.807, 2.05) is 17.0 Å². The van der Waals surface area contributed by atoms with E-state index in [-0.39, 0.29) is 22.9 Å². The average molecular weight is 570 g/mol. The van der Waals surface area contributed by atoms with E-state index in [1.54, 1.807) is 30.3 Å². The first-order valence-electron chi connectivity index (χ1n) is 14.0. The molecule has 2 aromatic rings. The molecule has 3 aliphatic rings. The number of benzene rings is 2. The van der Waals surface area contributed by atoms with E-state index < -0.39 is 11.6 Å². The van der Waals surface area contributed by atoms with E-state index in [2.05, 4.69) is 27.7 Å². The van der Waals surface area contributed by atoms with Crippen LogP contribution in [-0.2, 0) is 4.79 Å². The quantitative estimate of drug-likeness (QED) is 0.363. The Balaban J connectivity index is 1.58. The summed E-state index contributed by atoms with van der Waals surface area (Å²) in [5, 5.41) is 10.4. The van der Waals surface area contributed by atoms with Crippen LogP contribution in [0.25, 0.3) is 0 Å². The molecule has 0 aromatic heterocycles. The van der Waals surface area contributed by atoms with Gasteiger partial charge >= 0.3 is 5.97 Å². The Morgan fingerprint density at radius 1 is 1.05 bits per heavy atom. The van der Waals surface area contributed by atoms with Crippen LogP contribution in [0.4, 0.5) is 0 Å². The Labute approximate surface area is 241 Å². The lowest BCUT2D eigenvalue weighted by Gasteiger charge is -2.46. The topological polar surface area (TPSA) is 70.0 Å². The highest BCUT2D eigenvalue weighted by molar-refractivity contribution is 6.47. The molecule has 1 atom stereocenters. The van der Waals surface area contributed by atoms with Crippen molar-refractivity contribution in [2.24, 2.45) is 21.7 Å². The number of halogens is 2. The van der Waals surface area contributed by atoms with Crippen LogP contribution in [0.2, 0.25) is 10.0 Å². The Hall–Kier alpha value is -2.37. The Kier molecular flexibility index (Phi) is 7.39. The molecule has 0 unspecified atom stereocenters. The zero-order chi connectivity index (χ0) is 28.2. The minimum absolute atomic E-state index is 0.0670.